The van der Waals surface area contributed by atoms with Crippen LogP contribution in [0.15, 0.2) is 18.2 Å². The molecule has 22 heavy (non-hydrogen) atoms. The molecule has 0 spiro atoms. The average molecular weight is 319 g/mol. The second kappa shape index (κ2) is 6.12. The molecule has 3 rings (SSSR count). The van der Waals surface area contributed by atoms with Gasteiger partial charge >= 0.3 is 0 Å². The van der Waals surface area contributed by atoms with Gasteiger partial charge in [0.1, 0.15) is 5.82 Å². The molecule has 1 aliphatic heterocycles. The first-order valence-corrected chi connectivity index (χ1v) is 8.27. The summed E-state index contributed by atoms with van der Waals surface area (Å²) in [6.07, 6.45) is 0.910. The van der Waals surface area contributed by atoms with E-state index >= 15 is 0 Å². The zero-order chi connectivity index (χ0) is 15.6. The molecular formula is C16H21N3O2S. The van der Waals surface area contributed by atoms with E-state index < -0.39 is 0 Å². The van der Waals surface area contributed by atoms with Crippen molar-refractivity contribution >= 4 is 16.7 Å². The maximum Gasteiger partial charge on any atom is 0.202 e. The van der Waals surface area contributed by atoms with Crippen LogP contribution in [0, 0.1) is 0 Å². The Hall–Kier alpha value is -1.82. The van der Waals surface area contributed by atoms with Crippen LogP contribution in [0.2, 0.25) is 0 Å². The predicted molar refractivity (Wildman–Crippen MR) is 88.0 cm³/mol. The van der Waals surface area contributed by atoms with Crippen LogP contribution >= 0.6 is 11.5 Å². The highest BCUT2D eigenvalue weighted by molar-refractivity contribution is 7.09. The van der Waals surface area contributed by atoms with Crippen LogP contribution in [0.4, 0.5) is 5.13 Å². The van der Waals surface area contributed by atoms with E-state index in [1.807, 2.05) is 18.2 Å². The second-order valence-corrected chi connectivity index (χ2v) is 7.07. The fraction of sp³-hybridized carbons (Fsp3) is 0.500. The van der Waals surface area contributed by atoms with E-state index in [-0.39, 0.29) is 5.41 Å². The number of hydrogen-bond acceptors (Lipinski definition) is 6. The lowest BCUT2D eigenvalue weighted by Gasteiger charge is -2.13. The number of anilines is 1. The third kappa shape index (κ3) is 3.32. The van der Waals surface area contributed by atoms with E-state index in [1.54, 1.807) is 0 Å². The molecule has 0 saturated carbocycles. The number of ether oxygens (including phenoxy) is 2. The van der Waals surface area contributed by atoms with E-state index in [4.69, 9.17) is 9.47 Å². The van der Waals surface area contributed by atoms with Crippen molar-refractivity contribution in [3.63, 3.8) is 0 Å². The predicted octanol–water partition coefficient (Wildman–Crippen LogP) is 3.61. The number of hydrogen-bond donors (Lipinski definition) is 1. The molecule has 1 aromatic carbocycles. The van der Waals surface area contributed by atoms with Gasteiger partial charge in [0.05, 0.1) is 13.2 Å². The van der Waals surface area contributed by atoms with Gasteiger partial charge in [0, 0.05) is 35.5 Å². The minimum atomic E-state index is -0.0305. The summed E-state index contributed by atoms with van der Waals surface area (Å²) in [6, 6.07) is 5.99. The van der Waals surface area contributed by atoms with Gasteiger partial charge in [-0.3, -0.25) is 0 Å². The van der Waals surface area contributed by atoms with Crippen LogP contribution in [0.1, 0.15) is 38.6 Å². The summed E-state index contributed by atoms with van der Waals surface area (Å²) in [4.78, 5) is 4.55. The second-order valence-electron chi connectivity index (χ2n) is 6.32. The molecule has 0 radical (unpaired) electrons. The summed E-state index contributed by atoms with van der Waals surface area (Å²) in [5.74, 6) is 2.53. The first kappa shape index (κ1) is 15.1. The molecule has 0 saturated heterocycles. The summed E-state index contributed by atoms with van der Waals surface area (Å²) >= 11 is 1.39. The van der Waals surface area contributed by atoms with Crippen molar-refractivity contribution in [3.8, 4) is 11.5 Å². The number of nitrogens with zero attached hydrogens (tertiary/aromatic N) is 2. The Morgan fingerprint density at radius 3 is 2.82 bits per heavy atom. The Kier molecular flexibility index (Phi) is 4.20. The molecule has 2 aromatic rings. The Bertz CT molecular complexity index is 649. The summed E-state index contributed by atoms with van der Waals surface area (Å²) in [7, 11) is 0. The van der Waals surface area contributed by atoms with Crippen molar-refractivity contribution in [2.45, 2.75) is 39.2 Å². The standard InChI is InChI=1S/C16H21N3O2S/c1-16(2,3)14-18-15(22-19-14)17-10-11-6-4-7-12-13(11)21-9-5-8-20-12/h4,6-7H,5,8-10H2,1-3H3,(H,17,18,19). The molecule has 118 valence electrons. The highest BCUT2D eigenvalue weighted by Gasteiger charge is 2.20. The third-order valence-corrected chi connectivity index (χ3v) is 4.05. The molecule has 0 bridgehead atoms. The zero-order valence-electron chi connectivity index (χ0n) is 13.2. The van der Waals surface area contributed by atoms with Gasteiger partial charge in [-0.15, -0.1) is 0 Å². The monoisotopic (exact) mass is 319 g/mol. The van der Waals surface area contributed by atoms with Gasteiger partial charge in [-0.05, 0) is 6.07 Å². The van der Waals surface area contributed by atoms with E-state index in [9.17, 15) is 0 Å². The maximum atomic E-state index is 5.83. The smallest absolute Gasteiger partial charge is 0.202 e. The molecule has 2 heterocycles. The fourth-order valence-electron chi connectivity index (χ4n) is 2.16. The lowest BCUT2D eigenvalue weighted by atomic mass is 9.96. The summed E-state index contributed by atoms with van der Waals surface area (Å²) < 4.78 is 16.0. The zero-order valence-corrected chi connectivity index (χ0v) is 14.0. The largest absolute Gasteiger partial charge is 0.490 e. The van der Waals surface area contributed by atoms with Crippen LogP contribution in [-0.4, -0.2) is 22.6 Å². The summed E-state index contributed by atoms with van der Waals surface area (Å²) in [5.41, 5.74) is 1.05. The van der Waals surface area contributed by atoms with Crippen molar-refractivity contribution < 1.29 is 9.47 Å². The number of aromatic nitrogens is 2. The quantitative estimate of drug-likeness (QED) is 0.936. The van der Waals surface area contributed by atoms with E-state index in [0.717, 1.165) is 34.4 Å². The van der Waals surface area contributed by atoms with Crippen LogP contribution in [0.5, 0.6) is 11.5 Å². The van der Waals surface area contributed by atoms with Gasteiger partial charge < -0.3 is 14.8 Å². The molecule has 0 atom stereocenters. The Morgan fingerprint density at radius 2 is 2.05 bits per heavy atom. The van der Waals surface area contributed by atoms with Crippen LogP contribution < -0.4 is 14.8 Å². The number of rotatable bonds is 3. The van der Waals surface area contributed by atoms with Crippen LogP contribution in [0.3, 0.4) is 0 Å². The molecule has 0 unspecified atom stereocenters. The normalized spacial score (nSPS) is 14.5. The topological polar surface area (TPSA) is 56.3 Å². The van der Waals surface area contributed by atoms with Crippen molar-refractivity contribution in [2.24, 2.45) is 0 Å². The van der Waals surface area contributed by atoms with Gasteiger partial charge in [-0.2, -0.15) is 4.37 Å². The molecule has 5 nitrogen and oxygen atoms in total. The first-order chi connectivity index (χ1) is 10.5. The molecule has 6 heteroatoms. The van der Waals surface area contributed by atoms with Gasteiger partial charge in [0.15, 0.2) is 11.5 Å². The van der Waals surface area contributed by atoms with Gasteiger partial charge in [-0.25, -0.2) is 4.98 Å². The highest BCUT2D eigenvalue weighted by atomic mass is 32.1. The van der Waals surface area contributed by atoms with Crippen LogP contribution in [0.25, 0.3) is 0 Å². The van der Waals surface area contributed by atoms with Gasteiger partial charge in [0.25, 0.3) is 0 Å². The number of nitrogens with one attached hydrogen (secondary N) is 1. The van der Waals surface area contributed by atoms with Crippen molar-refractivity contribution in [1.82, 2.24) is 9.36 Å². The molecular weight excluding hydrogens is 298 g/mol. The minimum Gasteiger partial charge on any atom is -0.490 e. The highest BCUT2D eigenvalue weighted by Crippen LogP contribution is 2.33. The van der Waals surface area contributed by atoms with Crippen molar-refractivity contribution in [1.29, 1.82) is 0 Å². The fourth-order valence-corrected chi connectivity index (χ4v) is 2.92. The molecule has 0 amide bonds. The summed E-state index contributed by atoms with van der Waals surface area (Å²) in [5, 5.41) is 4.16. The van der Waals surface area contributed by atoms with Crippen molar-refractivity contribution in [2.75, 3.05) is 18.5 Å². The minimum absolute atomic E-state index is 0.0305. The Balaban J connectivity index is 1.73. The molecule has 1 N–H and O–H groups in total. The van der Waals surface area contributed by atoms with E-state index in [1.165, 1.54) is 11.5 Å². The molecule has 1 aliphatic rings. The summed E-state index contributed by atoms with van der Waals surface area (Å²) in [6.45, 7) is 8.38. The molecule has 1 aromatic heterocycles. The van der Waals surface area contributed by atoms with Crippen LogP contribution in [-0.2, 0) is 12.0 Å². The Morgan fingerprint density at radius 1 is 1.23 bits per heavy atom. The van der Waals surface area contributed by atoms with Gasteiger partial charge in [-0.1, -0.05) is 32.9 Å². The number of benzene rings is 1. The lowest BCUT2D eigenvalue weighted by Crippen LogP contribution is -2.13. The Labute approximate surface area is 134 Å². The molecule has 0 fully saturated rings. The SMILES string of the molecule is CC(C)(C)c1nsc(NCc2cccc3c2OCCCO3)n1. The van der Waals surface area contributed by atoms with Gasteiger partial charge in [0.2, 0.25) is 5.13 Å². The third-order valence-electron chi connectivity index (χ3n) is 3.38. The number of para-hydroxylation sites is 1. The van der Waals surface area contributed by atoms with Crippen molar-refractivity contribution in [3.05, 3.63) is 29.6 Å². The maximum absolute atomic E-state index is 5.83. The first-order valence-electron chi connectivity index (χ1n) is 7.49. The number of fused-ring (bicyclic) bond motifs is 1. The molecule has 0 aliphatic carbocycles. The average Bonchev–Trinajstić information content (AvgIpc) is 2.83. The van der Waals surface area contributed by atoms with E-state index in [0.29, 0.717) is 19.8 Å². The van der Waals surface area contributed by atoms with E-state index in [2.05, 4.69) is 35.4 Å². The lowest BCUT2D eigenvalue weighted by molar-refractivity contribution is 0.296.